The fourth-order valence-corrected chi connectivity index (χ4v) is 2.72. The summed E-state index contributed by atoms with van der Waals surface area (Å²) in [5, 5.41) is 9.47. The van der Waals surface area contributed by atoms with Gasteiger partial charge in [0.25, 0.3) is 0 Å². The highest BCUT2D eigenvalue weighted by molar-refractivity contribution is 6.30. The summed E-state index contributed by atoms with van der Waals surface area (Å²) in [4.78, 5) is 26.4. The number of likely N-dealkylation sites (tertiary alicyclic amines) is 1. The van der Waals surface area contributed by atoms with Crippen molar-refractivity contribution in [1.29, 1.82) is 0 Å². The standard InChI is InChI=1S/C15H19ClN2O3/c1-17(9-11-2-4-13(16)5-3-11)15(21)18-7-6-12(10-18)8-14(19)20/h2-5,12H,6-10H2,1H3,(H,19,20). The number of urea groups is 1. The minimum atomic E-state index is -0.802. The molecule has 1 saturated heterocycles. The van der Waals surface area contributed by atoms with Crippen LogP contribution in [0.2, 0.25) is 5.02 Å². The summed E-state index contributed by atoms with van der Waals surface area (Å²) in [6, 6.07) is 7.33. The predicted octanol–water partition coefficient (Wildman–Crippen LogP) is 2.69. The van der Waals surface area contributed by atoms with Crippen LogP contribution in [-0.2, 0) is 11.3 Å². The van der Waals surface area contributed by atoms with E-state index in [1.54, 1.807) is 29.0 Å². The second-order valence-electron chi connectivity index (χ2n) is 5.46. The summed E-state index contributed by atoms with van der Waals surface area (Å²) in [6.07, 6.45) is 0.886. The Labute approximate surface area is 129 Å². The van der Waals surface area contributed by atoms with E-state index < -0.39 is 5.97 Å². The van der Waals surface area contributed by atoms with Crippen molar-refractivity contribution in [3.05, 3.63) is 34.9 Å². The molecular weight excluding hydrogens is 292 g/mol. The zero-order valence-corrected chi connectivity index (χ0v) is 12.7. The van der Waals surface area contributed by atoms with Gasteiger partial charge < -0.3 is 14.9 Å². The van der Waals surface area contributed by atoms with Crippen LogP contribution in [0.3, 0.4) is 0 Å². The Morgan fingerprint density at radius 1 is 1.38 bits per heavy atom. The lowest BCUT2D eigenvalue weighted by Gasteiger charge is -2.24. The van der Waals surface area contributed by atoms with Crippen molar-refractivity contribution in [3.8, 4) is 0 Å². The SMILES string of the molecule is CN(Cc1ccc(Cl)cc1)C(=O)N1CCC(CC(=O)O)C1. The molecule has 1 aromatic carbocycles. The highest BCUT2D eigenvalue weighted by Gasteiger charge is 2.29. The summed E-state index contributed by atoms with van der Waals surface area (Å²) in [7, 11) is 1.75. The fourth-order valence-electron chi connectivity index (χ4n) is 2.59. The van der Waals surface area contributed by atoms with Crippen LogP contribution in [0, 0.1) is 5.92 Å². The molecule has 0 saturated carbocycles. The van der Waals surface area contributed by atoms with Crippen LogP contribution in [0.5, 0.6) is 0 Å². The van der Waals surface area contributed by atoms with Crippen molar-refractivity contribution in [2.45, 2.75) is 19.4 Å². The van der Waals surface area contributed by atoms with Crippen LogP contribution in [0.15, 0.2) is 24.3 Å². The Balaban J connectivity index is 1.88. The van der Waals surface area contributed by atoms with Crippen LogP contribution in [-0.4, -0.2) is 47.0 Å². The van der Waals surface area contributed by atoms with E-state index in [9.17, 15) is 9.59 Å². The first-order chi connectivity index (χ1) is 9.95. The van der Waals surface area contributed by atoms with Crippen molar-refractivity contribution in [1.82, 2.24) is 9.80 Å². The molecule has 0 bridgehead atoms. The lowest BCUT2D eigenvalue weighted by Crippen LogP contribution is -2.39. The van der Waals surface area contributed by atoms with Gasteiger partial charge >= 0.3 is 12.0 Å². The number of benzene rings is 1. The maximum atomic E-state index is 12.3. The number of amides is 2. The Morgan fingerprint density at radius 2 is 2.05 bits per heavy atom. The lowest BCUT2D eigenvalue weighted by molar-refractivity contribution is -0.138. The number of carboxylic acid groups (broad SMARTS) is 1. The number of rotatable bonds is 4. The van der Waals surface area contributed by atoms with Crippen LogP contribution in [0.25, 0.3) is 0 Å². The summed E-state index contributed by atoms with van der Waals surface area (Å²) in [5.41, 5.74) is 1.01. The van der Waals surface area contributed by atoms with Crippen molar-refractivity contribution in [2.24, 2.45) is 5.92 Å². The normalized spacial score (nSPS) is 17.8. The molecule has 114 valence electrons. The van der Waals surface area contributed by atoms with Gasteiger partial charge in [-0.3, -0.25) is 4.79 Å². The Hall–Kier alpha value is -1.75. The fraction of sp³-hybridized carbons (Fsp3) is 0.467. The monoisotopic (exact) mass is 310 g/mol. The first-order valence-corrected chi connectivity index (χ1v) is 7.30. The van der Waals surface area contributed by atoms with Gasteiger partial charge in [-0.1, -0.05) is 23.7 Å². The number of hydrogen-bond donors (Lipinski definition) is 1. The molecule has 0 radical (unpaired) electrons. The molecule has 1 atom stereocenters. The van der Waals surface area contributed by atoms with Crippen molar-refractivity contribution < 1.29 is 14.7 Å². The molecular formula is C15H19ClN2O3. The van der Waals surface area contributed by atoms with E-state index >= 15 is 0 Å². The molecule has 1 heterocycles. The molecule has 1 aliphatic rings. The third kappa shape index (κ3) is 4.36. The van der Waals surface area contributed by atoms with E-state index in [0.717, 1.165) is 12.0 Å². The van der Waals surface area contributed by atoms with Gasteiger partial charge in [-0.2, -0.15) is 0 Å². The van der Waals surface area contributed by atoms with E-state index in [1.165, 1.54) is 0 Å². The minimum absolute atomic E-state index is 0.0576. The summed E-state index contributed by atoms with van der Waals surface area (Å²) >= 11 is 5.84. The van der Waals surface area contributed by atoms with E-state index in [0.29, 0.717) is 24.7 Å². The number of carboxylic acids is 1. The molecule has 2 amide bonds. The molecule has 0 spiro atoms. The van der Waals surface area contributed by atoms with E-state index in [2.05, 4.69) is 0 Å². The van der Waals surface area contributed by atoms with E-state index in [4.69, 9.17) is 16.7 Å². The van der Waals surface area contributed by atoms with Gasteiger partial charge in [0, 0.05) is 38.1 Å². The molecule has 5 nitrogen and oxygen atoms in total. The highest BCUT2D eigenvalue weighted by Crippen LogP contribution is 2.21. The average Bonchev–Trinajstić information content (AvgIpc) is 2.88. The molecule has 6 heteroatoms. The van der Waals surface area contributed by atoms with Crippen molar-refractivity contribution in [2.75, 3.05) is 20.1 Å². The minimum Gasteiger partial charge on any atom is -0.481 e. The summed E-state index contributed by atoms with van der Waals surface area (Å²) < 4.78 is 0. The molecule has 1 aliphatic heterocycles. The summed E-state index contributed by atoms with van der Waals surface area (Å²) in [6.45, 7) is 1.66. The molecule has 21 heavy (non-hydrogen) atoms. The maximum Gasteiger partial charge on any atom is 0.320 e. The third-order valence-electron chi connectivity index (χ3n) is 3.68. The van der Waals surface area contributed by atoms with Crippen LogP contribution in [0.4, 0.5) is 4.79 Å². The van der Waals surface area contributed by atoms with Crippen molar-refractivity contribution >= 4 is 23.6 Å². The van der Waals surface area contributed by atoms with Crippen LogP contribution >= 0.6 is 11.6 Å². The molecule has 0 aliphatic carbocycles. The lowest BCUT2D eigenvalue weighted by atomic mass is 10.1. The number of halogens is 1. The van der Waals surface area contributed by atoms with Gasteiger partial charge in [-0.25, -0.2) is 4.79 Å². The Bertz CT molecular complexity index is 518. The van der Waals surface area contributed by atoms with Gasteiger partial charge in [0.1, 0.15) is 0 Å². The molecule has 1 aromatic rings. The first-order valence-electron chi connectivity index (χ1n) is 6.92. The maximum absolute atomic E-state index is 12.3. The van der Waals surface area contributed by atoms with Gasteiger partial charge in [0.2, 0.25) is 0 Å². The quantitative estimate of drug-likeness (QED) is 0.930. The Kier molecular flexibility index (Phi) is 5.07. The smallest absolute Gasteiger partial charge is 0.320 e. The largest absolute Gasteiger partial charge is 0.481 e. The van der Waals surface area contributed by atoms with E-state index in [-0.39, 0.29) is 18.4 Å². The van der Waals surface area contributed by atoms with Crippen molar-refractivity contribution in [3.63, 3.8) is 0 Å². The zero-order valence-electron chi connectivity index (χ0n) is 12.0. The van der Waals surface area contributed by atoms with Crippen LogP contribution in [0.1, 0.15) is 18.4 Å². The number of aliphatic carboxylic acids is 1. The second kappa shape index (κ2) is 6.80. The van der Waals surface area contributed by atoms with Gasteiger partial charge in [0.15, 0.2) is 0 Å². The topological polar surface area (TPSA) is 60.9 Å². The van der Waals surface area contributed by atoms with Gasteiger partial charge in [-0.15, -0.1) is 0 Å². The van der Waals surface area contributed by atoms with Gasteiger partial charge in [-0.05, 0) is 30.0 Å². The Morgan fingerprint density at radius 3 is 2.67 bits per heavy atom. The van der Waals surface area contributed by atoms with E-state index in [1.807, 2.05) is 12.1 Å². The highest BCUT2D eigenvalue weighted by atomic mass is 35.5. The zero-order chi connectivity index (χ0) is 15.4. The molecule has 2 rings (SSSR count). The molecule has 1 fully saturated rings. The number of nitrogens with zero attached hydrogens (tertiary/aromatic N) is 2. The second-order valence-corrected chi connectivity index (χ2v) is 5.90. The summed E-state index contributed by atoms with van der Waals surface area (Å²) in [5.74, 6) is -0.737. The predicted molar refractivity (Wildman–Crippen MR) is 80.2 cm³/mol. The third-order valence-corrected chi connectivity index (χ3v) is 3.93. The number of hydrogen-bond acceptors (Lipinski definition) is 2. The number of carbonyl (C=O) groups excluding carboxylic acids is 1. The molecule has 1 N–H and O–H groups in total. The van der Waals surface area contributed by atoms with Crippen LogP contribution < -0.4 is 0 Å². The van der Waals surface area contributed by atoms with Gasteiger partial charge in [0.05, 0.1) is 0 Å². The number of carbonyl (C=O) groups is 2. The molecule has 0 aromatic heterocycles. The molecule has 1 unspecified atom stereocenters. The first kappa shape index (κ1) is 15.6. The average molecular weight is 311 g/mol.